The Morgan fingerprint density at radius 1 is 1.50 bits per heavy atom. The van der Waals surface area contributed by atoms with Gasteiger partial charge in [-0.05, 0) is 6.42 Å². The quantitative estimate of drug-likeness (QED) is 0.601. The summed E-state index contributed by atoms with van der Waals surface area (Å²) in [4.78, 5) is 5.03. The molecular formula is C8H18N2O2. The molecule has 1 aliphatic rings. The van der Waals surface area contributed by atoms with Gasteiger partial charge in [0.2, 0.25) is 0 Å². The van der Waals surface area contributed by atoms with Crippen molar-refractivity contribution < 1.29 is 9.57 Å². The molecule has 72 valence electrons. The minimum atomic E-state index is 0.375. The second kappa shape index (κ2) is 4.77. The van der Waals surface area contributed by atoms with Crippen LogP contribution in [0.15, 0.2) is 0 Å². The number of methoxy groups -OCH3 is 1. The molecular weight excluding hydrogens is 156 g/mol. The lowest BCUT2D eigenvalue weighted by Crippen LogP contribution is -2.34. The van der Waals surface area contributed by atoms with Gasteiger partial charge in [-0.3, -0.25) is 0 Å². The first-order valence-corrected chi connectivity index (χ1v) is 4.27. The van der Waals surface area contributed by atoms with Gasteiger partial charge in [0.05, 0.1) is 13.2 Å². The SMILES string of the molecule is COC1CNC(CN(C)OC)C1. The molecule has 1 aliphatic heterocycles. The summed E-state index contributed by atoms with van der Waals surface area (Å²) in [5, 5.41) is 5.21. The highest BCUT2D eigenvalue weighted by Crippen LogP contribution is 2.09. The number of hydrogen-bond donors (Lipinski definition) is 1. The molecule has 0 saturated carbocycles. The van der Waals surface area contributed by atoms with Crippen LogP contribution in [0, 0.1) is 0 Å². The molecule has 0 aliphatic carbocycles. The Morgan fingerprint density at radius 3 is 2.75 bits per heavy atom. The lowest BCUT2D eigenvalue weighted by Gasteiger charge is -2.18. The van der Waals surface area contributed by atoms with Crippen molar-refractivity contribution in [2.45, 2.75) is 18.6 Å². The van der Waals surface area contributed by atoms with Gasteiger partial charge in [-0.1, -0.05) is 0 Å². The molecule has 0 radical (unpaired) electrons. The molecule has 0 amide bonds. The van der Waals surface area contributed by atoms with E-state index in [0.717, 1.165) is 19.5 Å². The van der Waals surface area contributed by atoms with Crippen LogP contribution in [0.4, 0.5) is 0 Å². The summed E-state index contributed by atoms with van der Waals surface area (Å²) in [5.74, 6) is 0. The van der Waals surface area contributed by atoms with Crippen molar-refractivity contribution in [1.29, 1.82) is 0 Å². The van der Waals surface area contributed by atoms with E-state index < -0.39 is 0 Å². The average Bonchev–Trinajstić information content (AvgIpc) is 2.52. The first kappa shape index (κ1) is 9.92. The largest absolute Gasteiger partial charge is 0.380 e. The van der Waals surface area contributed by atoms with E-state index in [4.69, 9.17) is 9.57 Å². The molecule has 0 aromatic rings. The Bertz CT molecular complexity index is 132. The average molecular weight is 174 g/mol. The number of ether oxygens (including phenoxy) is 1. The standard InChI is InChI=1S/C8H18N2O2/c1-10(12-3)6-7-4-8(11-2)5-9-7/h7-9H,4-6H2,1-3H3. The number of likely N-dealkylation sites (N-methyl/N-ethyl adjacent to an activating group) is 1. The third-order valence-corrected chi connectivity index (χ3v) is 2.30. The number of nitrogens with zero attached hydrogens (tertiary/aromatic N) is 1. The van der Waals surface area contributed by atoms with Crippen LogP contribution in [0.2, 0.25) is 0 Å². The molecule has 1 heterocycles. The molecule has 0 spiro atoms. The van der Waals surface area contributed by atoms with E-state index in [1.54, 1.807) is 14.2 Å². The fraction of sp³-hybridized carbons (Fsp3) is 1.00. The zero-order chi connectivity index (χ0) is 8.97. The van der Waals surface area contributed by atoms with E-state index in [1.165, 1.54) is 0 Å². The maximum Gasteiger partial charge on any atom is 0.0711 e. The van der Waals surface area contributed by atoms with Gasteiger partial charge >= 0.3 is 0 Å². The Kier molecular flexibility index (Phi) is 3.94. The van der Waals surface area contributed by atoms with Crippen molar-refractivity contribution in [2.75, 3.05) is 34.4 Å². The van der Waals surface area contributed by atoms with Crippen molar-refractivity contribution in [3.05, 3.63) is 0 Å². The molecule has 0 aromatic carbocycles. The van der Waals surface area contributed by atoms with E-state index in [0.29, 0.717) is 12.1 Å². The number of hydrogen-bond acceptors (Lipinski definition) is 4. The molecule has 0 bridgehead atoms. The molecule has 4 heteroatoms. The first-order chi connectivity index (χ1) is 5.76. The smallest absolute Gasteiger partial charge is 0.0711 e. The predicted molar refractivity (Wildman–Crippen MR) is 46.8 cm³/mol. The molecule has 0 aromatic heterocycles. The topological polar surface area (TPSA) is 33.7 Å². The Labute approximate surface area is 73.8 Å². The van der Waals surface area contributed by atoms with Crippen molar-refractivity contribution in [3.63, 3.8) is 0 Å². The lowest BCUT2D eigenvalue weighted by molar-refractivity contribution is -0.113. The second-order valence-electron chi connectivity index (χ2n) is 3.19. The van der Waals surface area contributed by atoms with E-state index in [9.17, 15) is 0 Å². The lowest BCUT2D eigenvalue weighted by atomic mass is 10.2. The molecule has 1 rings (SSSR count). The normalized spacial score (nSPS) is 30.0. The van der Waals surface area contributed by atoms with Crippen LogP contribution < -0.4 is 5.32 Å². The van der Waals surface area contributed by atoms with Crippen molar-refractivity contribution >= 4 is 0 Å². The van der Waals surface area contributed by atoms with Gasteiger partial charge < -0.3 is 14.9 Å². The van der Waals surface area contributed by atoms with Crippen LogP contribution >= 0.6 is 0 Å². The van der Waals surface area contributed by atoms with Gasteiger partial charge in [0, 0.05) is 33.3 Å². The fourth-order valence-electron chi connectivity index (χ4n) is 1.49. The first-order valence-electron chi connectivity index (χ1n) is 4.27. The minimum absolute atomic E-state index is 0.375. The monoisotopic (exact) mass is 174 g/mol. The summed E-state index contributed by atoms with van der Waals surface area (Å²) < 4.78 is 5.23. The van der Waals surface area contributed by atoms with Gasteiger partial charge in [-0.25, -0.2) is 0 Å². The molecule has 4 nitrogen and oxygen atoms in total. The van der Waals surface area contributed by atoms with Crippen LogP contribution in [0.5, 0.6) is 0 Å². The summed E-state index contributed by atoms with van der Waals surface area (Å²) >= 11 is 0. The highest BCUT2D eigenvalue weighted by atomic mass is 16.7. The van der Waals surface area contributed by atoms with Crippen LogP contribution in [0.1, 0.15) is 6.42 Å². The Balaban J connectivity index is 2.18. The zero-order valence-corrected chi connectivity index (χ0v) is 8.04. The van der Waals surface area contributed by atoms with Gasteiger partial charge in [0.15, 0.2) is 0 Å². The summed E-state index contributed by atoms with van der Waals surface area (Å²) in [6, 6.07) is 0.500. The Hall–Kier alpha value is -0.160. The van der Waals surface area contributed by atoms with Gasteiger partial charge in [-0.2, -0.15) is 5.06 Å². The maximum atomic E-state index is 5.23. The highest BCUT2D eigenvalue weighted by molar-refractivity contribution is 4.82. The van der Waals surface area contributed by atoms with E-state index in [-0.39, 0.29) is 0 Å². The maximum absolute atomic E-state index is 5.23. The van der Waals surface area contributed by atoms with Crippen LogP contribution in [0.3, 0.4) is 0 Å². The summed E-state index contributed by atoms with van der Waals surface area (Å²) in [6.07, 6.45) is 1.45. The van der Waals surface area contributed by atoms with Gasteiger partial charge in [0.1, 0.15) is 0 Å². The second-order valence-corrected chi connectivity index (χ2v) is 3.19. The van der Waals surface area contributed by atoms with Crippen LogP contribution in [-0.4, -0.2) is 51.6 Å². The minimum Gasteiger partial charge on any atom is -0.380 e. The van der Waals surface area contributed by atoms with E-state index in [2.05, 4.69) is 5.32 Å². The van der Waals surface area contributed by atoms with E-state index >= 15 is 0 Å². The third-order valence-electron chi connectivity index (χ3n) is 2.30. The number of rotatable bonds is 4. The predicted octanol–water partition coefficient (Wildman–Crippen LogP) is -0.143. The summed E-state index contributed by atoms with van der Waals surface area (Å²) in [5.41, 5.74) is 0. The van der Waals surface area contributed by atoms with Gasteiger partial charge in [0.25, 0.3) is 0 Å². The third kappa shape index (κ3) is 2.71. The molecule has 2 unspecified atom stereocenters. The van der Waals surface area contributed by atoms with Crippen molar-refractivity contribution in [3.8, 4) is 0 Å². The summed E-state index contributed by atoms with van der Waals surface area (Å²) in [7, 11) is 5.37. The fourth-order valence-corrected chi connectivity index (χ4v) is 1.49. The van der Waals surface area contributed by atoms with Crippen molar-refractivity contribution in [1.82, 2.24) is 10.4 Å². The Morgan fingerprint density at radius 2 is 2.25 bits per heavy atom. The summed E-state index contributed by atoms with van der Waals surface area (Å²) in [6.45, 7) is 1.87. The van der Waals surface area contributed by atoms with Gasteiger partial charge in [-0.15, -0.1) is 0 Å². The molecule has 1 fully saturated rings. The van der Waals surface area contributed by atoms with Crippen molar-refractivity contribution in [2.24, 2.45) is 0 Å². The zero-order valence-electron chi connectivity index (χ0n) is 8.04. The number of hydroxylamine groups is 2. The van der Waals surface area contributed by atoms with Crippen LogP contribution in [0.25, 0.3) is 0 Å². The van der Waals surface area contributed by atoms with E-state index in [1.807, 2.05) is 12.1 Å². The molecule has 12 heavy (non-hydrogen) atoms. The molecule has 1 N–H and O–H groups in total. The molecule has 1 saturated heterocycles. The molecule has 2 atom stereocenters. The van der Waals surface area contributed by atoms with Crippen LogP contribution in [-0.2, 0) is 9.57 Å². The highest BCUT2D eigenvalue weighted by Gasteiger charge is 2.24. The number of nitrogens with one attached hydrogen (secondary N) is 1.